The average Bonchev–Trinajstić information content (AvgIpc) is 3.29. The number of amides is 1. The fourth-order valence-corrected chi connectivity index (χ4v) is 12.5. The minimum atomic E-state index is -4.07. The van der Waals surface area contributed by atoms with E-state index in [0.717, 1.165) is 22.3 Å². The summed E-state index contributed by atoms with van der Waals surface area (Å²) in [5.41, 5.74) is 3.32. The third-order valence-corrected chi connectivity index (χ3v) is 17.4. The molecule has 1 N–H and O–H groups in total. The minimum Gasteiger partial charge on any atom is -0.482 e. The average molecular weight is 935 g/mol. The Morgan fingerprint density at radius 2 is 1.50 bits per heavy atom. The first-order valence-electron chi connectivity index (χ1n) is 21.5. The number of carboxylic acids is 1. The lowest BCUT2D eigenvalue weighted by Gasteiger charge is -2.54. The molecule has 0 aliphatic carbocycles. The van der Waals surface area contributed by atoms with Crippen LogP contribution in [0.1, 0.15) is 67.4 Å². The molecule has 0 bridgehead atoms. The van der Waals surface area contributed by atoms with Gasteiger partial charge in [-0.1, -0.05) is 96.5 Å². The molecule has 64 heavy (non-hydrogen) atoms. The van der Waals surface area contributed by atoms with Gasteiger partial charge in [-0.3, -0.25) is 0 Å². The Morgan fingerprint density at radius 1 is 0.875 bits per heavy atom. The van der Waals surface area contributed by atoms with E-state index in [-0.39, 0.29) is 55.9 Å². The van der Waals surface area contributed by atoms with Gasteiger partial charge in [0.1, 0.15) is 12.4 Å². The summed E-state index contributed by atoms with van der Waals surface area (Å²) in [7, 11) is -6.29. The van der Waals surface area contributed by atoms with E-state index in [1.165, 1.54) is 29.6 Å². The second kappa shape index (κ2) is 20.2. The van der Waals surface area contributed by atoms with E-state index in [9.17, 15) is 31.5 Å². The van der Waals surface area contributed by atoms with E-state index in [2.05, 4.69) is 6.58 Å². The number of piperidine rings is 2. The zero-order chi connectivity index (χ0) is 45.6. The molecule has 3 saturated heterocycles. The monoisotopic (exact) mass is 933 g/mol. The standard InChI is InChI=1S/C48H56ClN3O10S2/c1-34(2)42-30-48(22-26-52(27-23-48)64(58,59)39-20-24-51(25-21-39)47(55)61-32-37-12-8-5-9-13-37)44(28-35-10-6-4-7-11-35)62-46(42)41-29-40(18-19-43(41)60-33-45(53)54)63(56,57)50(3)31-36-14-16-38(49)17-15-36/h4-19,29,39,42,44,46H,1,20-28,30-33H2,2-3H3,(H,53,54)/t42-,44+,46-/m0/s1. The van der Waals surface area contributed by atoms with Crippen LogP contribution in [-0.2, 0) is 53.9 Å². The van der Waals surface area contributed by atoms with Gasteiger partial charge in [0, 0.05) is 61.7 Å². The summed E-state index contributed by atoms with van der Waals surface area (Å²) < 4.78 is 78.2. The summed E-state index contributed by atoms with van der Waals surface area (Å²) in [5.74, 6) is -1.37. The highest BCUT2D eigenvalue weighted by molar-refractivity contribution is 7.89. The van der Waals surface area contributed by atoms with Crippen molar-refractivity contribution >= 4 is 43.7 Å². The maximum Gasteiger partial charge on any atom is 0.410 e. The zero-order valence-corrected chi connectivity index (χ0v) is 38.6. The normalized spacial score (nSPS) is 20.8. The highest BCUT2D eigenvalue weighted by atomic mass is 35.5. The Kier molecular flexibility index (Phi) is 14.9. The van der Waals surface area contributed by atoms with Crippen LogP contribution in [0.15, 0.2) is 120 Å². The lowest BCUT2D eigenvalue weighted by Crippen LogP contribution is -2.55. The first-order chi connectivity index (χ1) is 30.6. The van der Waals surface area contributed by atoms with Crippen LogP contribution in [0, 0.1) is 11.3 Å². The zero-order valence-electron chi connectivity index (χ0n) is 36.2. The first kappa shape index (κ1) is 47.2. The second-order valence-corrected chi connectivity index (χ2v) is 21.9. The maximum atomic E-state index is 14.2. The smallest absolute Gasteiger partial charge is 0.410 e. The molecule has 4 aromatic carbocycles. The Morgan fingerprint density at radius 3 is 2.11 bits per heavy atom. The van der Waals surface area contributed by atoms with Crippen LogP contribution >= 0.6 is 11.6 Å². The van der Waals surface area contributed by atoms with Crippen LogP contribution in [0.3, 0.4) is 0 Å². The Balaban J connectivity index is 1.12. The summed E-state index contributed by atoms with van der Waals surface area (Å²) in [6.45, 7) is 6.96. The number of halogens is 1. The van der Waals surface area contributed by atoms with Gasteiger partial charge in [-0.2, -0.15) is 4.31 Å². The molecule has 3 aliphatic rings. The highest BCUT2D eigenvalue weighted by Crippen LogP contribution is 2.55. The Hall–Kier alpha value is -4.77. The molecule has 0 saturated carbocycles. The van der Waals surface area contributed by atoms with Crippen molar-refractivity contribution in [1.29, 1.82) is 0 Å². The Bertz CT molecular complexity index is 2490. The number of ether oxygens (including phenoxy) is 3. The van der Waals surface area contributed by atoms with Crippen LogP contribution in [0.25, 0.3) is 0 Å². The first-order valence-corrected chi connectivity index (χ1v) is 24.9. The molecule has 0 aromatic heterocycles. The van der Waals surface area contributed by atoms with Gasteiger partial charge in [0.05, 0.1) is 22.4 Å². The number of nitrogens with zero attached hydrogens (tertiary/aromatic N) is 3. The summed E-state index contributed by atoms with van der Waals surface area (Å²) in [4.78, 5) is 26.2. The van der Waals surface area contributed by atoms with Crippen LogP contribution in [-0.4, -0.2) is 98.7 Å². The lowest BCUT2D eigenvalue weighted by atomic mass is 9.63. The van der Waals surface area contributed by atoms with Gasteiger partial charge in [-0.25, -0.2) is 30.7 Å². The number of hydrogen-bond acceptors (Lipinski definition) is 9. The lowest BCUT2D eigenvalue weighted by molar-refractivity contribution is -0.166. The predicted molar refractivity (Wildman–Crippen MR) is 244 cm³/mol. The molecule has 0 unspecified atom stereocenters. The molecule has 13 nitrogen and oxygen atoms in total. The fraction of sp³-hybridized carbons (Fsp3) is 0.417. The number of carboxylic acid groups (broad SMARTS) is 1. The van der Waals surface area contributed by atoms with Crippen molar-refractivity contribution in [2.45, 2.75) is 81.0 Å². The van der Waals surface area contributed by atoms with Crippen LogP contribution in [0.5, 0.6) is 5.75 Å². The van der Waals surface area contributed by atoms with Crippen molar-refractivity contribution in [3.8, 4) is 5.75 Å². The van der Waals surface area contributed by atoms with Crippen molar-refractivity contribution in [3.05, 3.63) is 143 Å². The number of aliphatic carboxylic acids is 1. The summed E-state index contributed by atoms with van der Waals surface area (Å²) >= 11 is 6.07. The molecule has 1 spiro atoms. The van der Waals surface area contributed by atoms with Crippen LogP contribution in [0.2, 0.25) is 5.02 Å². The molecule has 0 radical (unpaired) electrons. The van der Waals surface area contributed by atoms with Crippen LogP contribution < -0.4 is 4.74 Å². The molecular weight excluding hydrogens is 878 g/mol. The van der Waals surface area contributed by atoms with E-state index < -0.39 is 61.6 Å². The minimum absolute atomic E-state index is 0.0148. The quantitative estimate of drug-likeness (QED) is 0.115. The predicted octanol–water partition coefficient (Wildman–Crippen LogP) is 8.10. The number of hydrogen-bond donors (Lipinski definition) is 1. The molecule has 7 rings (SSSR count). The van der Waals surface area contributed by atoms with Gasteiger partial charge >= 0.3 is 12.1 Å². The molecule has 4 aromatic rings. The van der Waals surface area contributed by atoms with Gasteiger partial charge in [0.15, 0.2) is 6.61 Å². The van der Waals surface area contributed by atoms with Gasteiger partial charge in [0.2, 0.25) is 20.0 Å². The number of carbonyl (C=O) groups is 2. The van der Waals surface area contributed by atoms with Crippen molar-refractivity contribution in [2.75, 3.05) is 39.8 Å². The van der Waals surface area contributed by atoms with Crippen molar-refractivity contribution in [3.63, 3.8) is 0 Å². The summed E-state index contributed by atoms with van der Waals surface area (Å²) in [6, 6.07) is 30.6. The van der Waals surface area contributed by atoms with Crippen molar-refractivity contribution < 1.29 is 45.7 Å². The number of likely N-dealkylation sites (tertiary alicyclic amines) is 1. The number of sulfonamides is 2. The molecule has 3 aliphatic heterocycles. The molecule has 1 amide bonds. The number of benzene rings is 4. The summed E-state index contributed by atoms with van der Waals surface area (Å²) in [6.07, 6.45) is 1.03. The fourth-order valence-electron chi connectivity index (χ4n) is 9.27. The van der Waals surface area contributed by atoms with Crippen molar-refractivity contribution in [1.82, 2.24) is 13.5 Å². The number of rotatable bonds is 15. The van der Waals surface area contributed by atoms with E-state index in [1.54, 1.807) is 33.5 Å². The molecule has 342 valence electrons. The molecule has 3 heterocycles. The van der Waals surface area contributed by atoms with Crippen molar-refractivity contribution in [2.24, 2.45) is 11.3 Å². The van der Waals surface area contributed by atoms with Gasteiger partial charge in [-0.15, -0.1) is 0 Å². The maximum absolute atomic E-state index is 14.2. The molecule has 3 atom stereocenters. The van der Waals surface area contributed by atoms with Gasteiger partial charge < -0.3 is 24.2 Å². The van der Waals surface area contributed by atoms with E-state index in [1.807, 2.05) is 67.6 Å². The largest absolute Gasteiger partial charge is 0.482 e. The highest BCUT2D eigenvalue weighted by Gasteiger charge is 2.52. The number of carbonyl (C=O) groups excluding carboxylic acids is 1. The SMILES string of the molecule is C=C(C)[C@@H]1CC2(CCN(S(=O)(=O)C3CCN(C(=O)OCc4ccccc4)CC3)CC2)[C@@H](Cc2ccccc2)O[C@H]1c1cc(S(=O)(=O)N(C)Cc2ccc(Cl)cc2)ccc1OCC(=O)O. The van der Waals surface area contributed by atoms with E-state index in [0.29, 0.717) is 49.1 Å². The third-order valence-electron chi connectivity index (χ3n) is 13.0. The Labute approximate surface area is 381 Å². The second-order valence-electron chi connectivity index (χ2n) is 17.2. The molecular formula is C48H56ClN3O10S2. The van der Waals surface area contributed by atoms with Gasteiger partial charge in [0.25, 0.3) is 0 Å². The molecule has 16 heteroatoms. The van der Waals surface area contributed by atoms with E-state index >= 15 is 0 Å². The summed E-state index contributed by atoms with van der Waals surface area (Å²) in [5, 5.41) is 9.51. The van der Waals surface area contributed by atoms with E-state index in [4.69, 9.17) is 25.8 Å². The van der Waals surface area contributed by atoms with Gasteiger partial charge in [-0.05, 0) is 92.5 Å². The topological polar surface area (TPSA) is 160 Å². The van der Waals surface area contributed by atoms with Crippen LogP contribution in [0.4, 0.5) is 4.79 Å². The molecule has 3 fully saturated rings. The third kappa shape index (κ3) is 10.8.